The van der Waals surface area contributed by atoms with Crippen molar-refractivity contribution in [3.63, 3.8) is 0 Å². The molecule has 5 heteroatoms. The first-order valence-electron chi connectivity index (χ1n) is 4.95. The molecule has 1 aromatic rings. The average molecular weight is 283 g/mol. The van der Waals surface area contributed by atoms with Gasteiger partial charge in [-0.2, -0.15) is 0 Å². The fourth-order valence-corrected chi connectivity index (χ4v) is 2.21. The maximum Gasteiger partial charge on any atom is 0.316 e. The molecule has 0 radical (unpaired) electrons. The van der Waals surface area contributed by atoms with Crippen molar-refractivity contribution >= 4 is 33.4 Å². The van der Waals surface area contributed by atoms with E-state index in [-0.39, 0.29) is 0 Å². The molecule has 2 amide bonds. The summed E-state index contributed by atoms with van der Waals surface area (Å²) in [6.07, 6.45) is 0. The van der Waals surface area contributed by atoms with Gasteiger partial charge in [0, 0.05) is 23.2 Å². The van der Waals surface area contributed by atoms with Crippen LogP contribution >= 0.6 is 15.9 Å². The first-order chi connectivity index (χ1) is 7.59. The Bertz CT molecular complexity index is 459. The highest BCUT2D eigenvalue weighted by atomic mass is 79.9. The highest BCUT2D eigenvalue weighted by Crippen LogP contribution is 2.24. The number of amides is 2. The van der Waals surface area contributed by atoms with Crippen LogP contribution in [0.15, 0.2) is 22.7 Å². The van der Waals surface area contributed by atoms with Gasteiger partial charge >= 0.3 is 11.8 Å². The van der Waals surface area contributed by atoms with Crippen molar-refractivity contribution in [2.45, 2.75) is 6.92 Å². The molecule has 0 atom stereocenters. The lowest BCUT2D eigenvalue weighted by Gasteiger charge is -2.27. The number of carbonyl (C=O) groups is 2. The maximum atomic E-state index is 11.7. The highest BCUT2D eigenvalue weighted by Gasteiger charge is 2.27. The second-order valence-electron chi connectivity index (χ2n) is 3.64. The second kappa shape index (κ2) is 4.25. The van der Waals surface area contributed by atoms with Gasteiger partial charge < -0.3 is 10.2 Å². The predicted molar refractivity (Wildman–Crippen MR) is 64.2 cm³/mol. The molecule has 84 valence electrons. The van der Waals surface area contributed by atoms with Crippen LogP contribution in [0.1, 0.15) is 5.56 Å². The minimum Gasteiger partial charge on any atom is -0.346 e. The number of nitrogens with one attached hydrogen (secondary N) is 1. The fourth-order valence-electron chi connectivity index (χ4n) is 1.73. The van der Waals surface area contributed by atoms with Crippen molar-refractivity contribution in [1.29, 1.82) is 0 Å². The van der Waals surface area contributed by atoms with Gasteiger partial charge in [0.15, 0.2) is 0 Å². The molecule has 1 aromatic carbocycles. The van der Waals surface area contributed by atoms with Crippen molar-refractivity contribution in [2.24, 2.45) is 0 Å². The van der Waals surface area contributed by atoms with Crippen molar-refractivity contribution in [2.75, 3.05) is 18.0 Å². The number of nitrogens with zero attached hydrogens (tertiary/aromatic N) is 1. The number of rotatable bonds is 1. The van der Waals surface area contributed by atoms with E-state index in [9.17, 15) is 9.59 Å². The molecule has 1 saturated heterocycles. The number of hydrogen-bond donors (Lipinski definition) is 1. The summed E-state index contributed by atoms with van der Waals surface area (Å²) in [4.78, 5) is 24.4. The molecule has 2 rings (SSSR count). The van der Waals surface area contributed by atoms with Crippen molar-refractivity contribution < 1.29 is 9.59 Å². The Morgan fingerprint density at radius 1 is 1.38 bits per heavy atom. The number of aryl methyl sites for hydroxylation is 1. The van der Waals surface area contributed by atoms with Crippen LogP contribution in [-0.2, 0) is 9.59 Å². The zero-order chi connectivity index (χ0) is 11.7. The van der Waals surface area contributed by atoms with Crippen LogP contribution in [0, 0.1) is 6.92 Å². The van der Waals surface area contributed by atoms with Crippen LogP contribution in [0.3, 0.4) is 0 Å². The van der Waals surface area contributed by atoms with Crippen LogP contribution in [0.2, 0.25) is 0 Å². The zero-order valence-corrected chi connectivity index (χ0v) is 10.4. The summed E-state index contributed by atoms with van der Waals surface area (Å²) in [6, 6.07) is 5.63. The fraction of sp³-hybridized carbons (Fsp3) is 0.273. The van der Waals surface area contributed by atoms with Gasteiger partial charge in [0.25, 0.3) is 0 Å². The minimum absolute atomic E-state index is 0.489. The average Bonchev–Trinajstić information content (AvgIpc) is 2.23. The summed E-state index contributed by atoms with van der Waals surface area (Å²) in [5.41, 5.74) is 1.76. The predicted octanol–water partition coefficient (Wildman–Crippen LogP) is 1.22. The summed E-state index contributed by atoms with van der Waals surface area (Å²) in [6.45, 7) is 2.94. The molecule has 1 heterocycles. The largest absolute Gasteiger partial charge is 0.346 e. The van der Waals surface area contributed by atoms with E-state index in [0.717, 1.165) is 15.7 Å². The summed E-state index contributed by atoms with van der Waals surface area (Å²) in [5.74, 6) is -1.02. The second-order valence-corrected chi connectivity index (χ2v) is 4.56. The molecular weight excluding hydrogens is 272 g/mol. The first-order valence-corrected chi connectivity index (χ1v) is 5.75. The SMILES string of the molecule is Cc1cc(Br)ccc1N1CCNC(=O)C1=O. The van der Waals surface area contributed by atoms with Gasteiger partial charge in [-0.3, -0.25) is 9.59 Å². The maximum absolute atomic E-state index is 11.7. The van der Waals surface area contributed by atoms with Crippen LogP contribution < -0.4 is 10.2 Å². The van der Waals surface area contributed by atoms with Crippen molar-refractivity contribution in [3.05, 3.63) is 28.2 Å². The lowest BCUT2D eigenvalue weighted by atomic mass is 10.1. The first kappa shape index (κ1) is 11.1. The number of carbonyl (C=O) groups excluding carboxylic acids is 2. The number of benzene rings is 1. The summed E-state index contributed by atoms with van der Waals surface area (Å²) < 4.78 is 0.961. The van der Waals surface area contributed by atoms with Gasteiger partial charge in [-0.05, 0) is 30.7 Å². The molecule has 0 unspecified atom stereocenters. The van der Waals surface area contributed by atoms with E-state index >= 15 is 0 Å². The number of anilines is 1. The molecule has 1 N–H and O–H groups in total. The van der Waals surface area contributed by atoms with Crippen LogP contribution in [0.25, 0.3) is 0 Å². The van der Waals surface area contributed by atoms with Gasteiger partial charge in [0.05, 0.1) is 0 Å². The van der Waals surface area contributed by atoms with Crippen LogP contribution in [0.5, 0.6) is 0 Å². The van der Waals surface area contributed by atoms with Crippen LogP contribution in [0.4, 0.5) is 5.69 Å². The van der Waals surface area contributed by atoms with Gasteiger partial charge in [-0.1, -0.05) is 15.9 Å². The topological polar surface area (TPSA) is 49.4 Å². The van der Waals surface area contributed by atoms with E-state index in [2.05, 4.69) is 21.2 Å². The van der Waals surface area contributed by atoms with E-state index in [4.69, 9.17) is 0 Å². The van der Waals surface area contributed by atoms with Gasteiger partial charge in [0.2, 0.25) is 0 Å². The Balaban J connectivity index is 2.36. The van der Waals surface area contributed by atoms with E-state index in [1.165, 1.54) is 4.90 Å². The monoisotopic (exact) mass is 282 g/mol. The van der Waals surface area contributed by atoms with Gasteiger partial charge in [-0.15, -0.1) is 0 Å². The molecule has 1 aliphatic heterocycles. The quantitative estimate of drug-likeness (QED) is 0.788. The van der Waals surface area contributed by atoms with Crippen LogP contribution in [-0.4, -0.2) is 24.9 Å². The number of piperazine rings is 1. The lowest BCUT2D eigenvalue weighted by Crippen LogP contribution is -2.52. The Morgan fingerprint density at radius 3 is 2.81 bits per heavy atom. The van der Waals surface area contributed by atoms with E-state index in [1.807, 2.05) is 25.1 Å². The standard InChI is InChI=1S/C11H11BrN2O2/c1-7-6-8(12)2-3-9(7)14-5-4-13-10(15)11(14)16/h2-3,6H,4-5H2,1H3,(H,13,15). The molecule has 0 aromatic heterocycles. The van der Waals surface area contributed by atoms with Gasteiger partial charge in [0.1, 0.15) is 0 Å². The van der Waals surface area contributed by atoms with E-state index in [0.29, 0.717) is 13.1 Å². The minimum atomic E-state index is -0.534. The molecular formula is C11H11BrN2O2. The Hall–Kier alpha value is -1.36. The zero-order valence-electron chi connectivity index (χ0n) is 8.79. The molecule has 0 saturated carbocycles. The molecule has 1 aliphatic rings. The third-order valence-corrected chi connectivity index (χ3v) is 3.00. The summed E-state index contributed by atoms with van der Waals surface area (Å²) in [5, 5.41) is 2.52. The molecule has 1 fully saturated rings. The molecule has 16 heavy (non-hydrogen) atoms. The van der Waals surface area contributed by atoms with Gasteiger partial charge in [-0.25, -0.2) is 0 Å². The Kier molecular flexibility index (Phi) is 2.96. The molecule has 4 nitrogen and oxygen atoms in total. The van der Waals surface area contributed by atoms with E-state index < -0.39 is 11.8 Å². The van der Waals surface area contributed by atoms with E-state index in [1.54, 1.807) is 0 Å². The smallest absolute Gasteiger partial charge is 0.316 e. The molecule has 0 aliphatic carbocycles. The highest BCUT2D eigenvalue weighted by molar-refractivity contribution is 9.10. The Labute approximate surface area is 102 Å². The summed E-state index contributed by atoms with van der Waals surface area (Å²) >= 11 is 3.36. The normalized spacial score (nSPS) is 16.2. The van der Waals surface area contributed by atoms with Crippen molar-refractivity contribution in [1.82, 2.24) is 5.32 Å². The number of hydrogen-bond acceptors (Lipinski definition) is 2. The summed E-state index contributed by atoms with van der Waals surface area (Å²) in [7, 11) is 0. The lowest BCUT2D eigenvalue weighted by molar-refractivity contribution is -0.138. The third kappa shape index (κ3) is 1.95. The molecule has 0 spiro atoms. The van der Waals surface area contributed by atoms with Crippen molar-refractivity contribution in [3.8, 4) is 0 Å². The number of halogens is 1. The molecule has 0 bridgehead atoms. The Morgan fingerprint density at radius 2 is 2.12 bits per heavy atom. The third-order valence-electron chi connectivity index (χ3n) is 2.51.